The maximum absolute atomic E-state index is 12.3. The SMILES string of the molecule is CCc1nc2c(o1)C(=O)C(=NCCNC(=O)OC(C)(C)C)CC2=O. The molecule has 0 saturated heterocycles. The van der Waals surface area contributed by atoms with Gasteiger partial charge in [0.2, 0.25) is 11.5 Å². The molecule has 0 aromatic carbocycles. The highest BCUT2D eigenvalue weighted by atomic mass is 16.6. The van der Waals surface area contributed by atoms with Gasteiger partial charge < -0.3 is 14.5 Å². The smallest absolute Gasteiger partial charge is 0.407 e. The molecule has 1 aromatic heterocycles. The number of carbonyl (C=O) groups excluding carboxylic acids is 3. The van der Waals surface area contributed by atoms with Gasteiger partial charge in [-0.05, 0) is 20.8 Å². The third-order valence-corrected chi connectivity index (χ3v) is 3.12. The number of nitrogens with one attached hydrogen (secondary N) is 1. The number of Topliss-reactive ketones (excluding diaryl/α,β-unsaturated/α-hetero) is 2. The zero-order valence-corrected chi connectivity index (χ0v) is 14.3. The van der Waals surface area contributed by atoms with Gasteiger partial charge in [0, 0.05) is 13.0 Å². The van der Waals surface area contributed by atoms with Gasteiger partial charge in [-0.25, -0.2) is 9.78 Å². The van der Waals surface area contributed by atoms with Gasteiger partial charge >= 0.3 is 6.09 Å². The molecule has 24 heavy (non-hydrogen) atoms. The average Bonchev–Trinajstić information content (AvgIpc) is 2.91. The zero-order chi connectivity index (χ0) is 17.9. The van der Waals surface area contributed by atoms with E-state index >= 15 is 0 Å². The van der Waals surface area contributed by atoms with Gasteiger partial charge in [-0.2, -0.15) is 0 Å². The van der Waals surface area contributed by atoms with Crippen molar-refractivity contribution in [2.75, 3.05) is 13.1 Å². The topological polar surface area (TPSA) is 111 Å². The molecule has 2 rings (SSSR count). The molecule has 1 heterocycles. The molecule has 1 amide bonds. The van der Waals surface area contributed by atoms with Crippen molar-refractivity contribution in [1.29, 1.82) is 0 Å². The number of rotatable bonds is 4. The summed E-state index contributed by atoms with van der Waals surface area (Å²) in [5.74, 6) is -0.391. The number of alkyl carbamates (subject to hydrolysis) is 1. The molecule has 0 bridgehead atoms. The molecule has 8 nitrogen and oxygen atoms in total. The third-order valence-electron chi connectivity index (χ3n) is 3.12. The molecular formula is C16H21N3O5. The molecule has 0 fully saturated rings. The molecule has 0 spiro atoms. The number of aryl methyl sites for hydroxylation is 1. The van der Waals surface area contributed by atoms with E-state index in [0.717, 1.165) is 0 Å². The first-order valence-corrected chi connectivity index (χ1v) is 7.79. The number of aromatic nitrogens is 1. The molecule has 1 N–H and O–H groups in total. The largest absolute Gasteiger partial charge is 0.444 e. The summed E-state index contributed by atoms with van der Waals surface area (Å²) >= 11 is 0. The fraction of sp³-hybridized carbons (Fsp3) is 0.562. The van der Waals surface area contributed by atoms with Gasteiger partial charge in [0.15, 0.2) is 17.4 Å². The van der Waals surface area contributed by atoms with E-state index in [4.69, 9.17) is 9.15 Å². The Hall–Kier alpha value is -2.51. The predicted octanol–water partition coefficient (Wildman–Crippen LogP) is 1.97. The number of amides is 1. The number of ketones is 2. The molecular weight excluding hydrogens is 314 g/mol. The van der Waals surface area contributed by atoms with E-state index in [1.165, 1.54) is 0 Å². The lowest BCUT2D eigenvalue weighted by Crippen LogP contribution is -2.34. The Morgan fingerprint density at radius 2 is 2.08 bits per heavy atom. The van der Waals surface area contributed by atoms with Crippen LogP contribution in [0.25, 0.3) is 0 Å². The molecule has 1 aliphatic rings. The fourth-order valence-corrected chi connectivity index (χ4v) is 2.10. The van der Waals surface area contributed by atoms with Crippen LogP contribution in [0.4, 0.5) is 4.79 Å². The zero-order valence-electron chi connectivity index (χ0n) is 14.3. The van der Waals surface area contributed by atoms with Crippen LogP contribution in [-0.2, 0) is 11.2 Å². The highest BCUT2D eigenvalue weighted by Crippen LogP contribution is 2.21. The van der Waals surface area contributed by atoms with Gasteiger partial charge in [0.25, 0.3) is 0 Å². The highest BCUT2D eigenvalue weighted by Gasteiger charge is 2.34. The van der Waals surface area contributed by atoms with E-state index in [0.29, 0.717) is 12.3 Å². The number of carbonyl (C=O) groups is 3. The van der Waals surface area contributed by atoms with E-state index < -0.39 is 17.5 Å². The normalized spacial score (nSPS) is 16.2. The number of aliphatic imine (C=N–C) groups is 1. The molecule has 1 aromatic rings. The molecule has 0 atom stereocenters. The molecule has 130 valence electrons. The summed E-state index contributed by atoms with van der Waals surface area (Å²) in [5.41, 5.74) is -0.374. The van der Waals surface area contributed by atoms with Crippen molar-refractivity contribution in [3.05, 3.63) is 17.3 Å². The lowest BCUT2D eigenvalue weighted by Gasteiger charge is -2.19. The summed E-state index contributed by atoms with van der Waals surface area (Å²) in [6.07, 6.45) is -0.160. The van der Waals surface area contributed by atoms with Gasteiger partial charge in [-0.1, -0.05) is 6.92 Å². The van der Waals surface area contributed by atoms with Gasteiger partial charge in [-0.3, -0.25) is 14.6 Å². The Bertz CT molecular complexity index is 697. The Kier molecular flexibility index (Phi) is 5.16. The minimum atomic E-state index is -0.582. The van der Waals surface area contributed by atoms with Crippen molar-refractivity contribution < 1.29 is 23.5 Å². The summed E-state index contributed by atoms with van der Waals surface area (Å²) in [6.45, 7) is 7.47. The van der Waals surface area contributed by atoms with Crippen molar-refractivity contribution in [3.63, 3.8) is 0 Å². The van der Waals surface area contributed by atoms with Gasteiger partial charge in [-0.15, -0.1) is 0 Å². The van der Waals surface area contributed by atoms with Crippen molar-refractivity contribution in [2.24, 2.45) is 4.99 Å². The van der Waals surface area contributed by atoms with Crippen molar-refractivity contribution in [3.8, 4) is 0 Å². The van der Waals surface area contributed by atoms with Crippen molar-refractivity contribution in [1.82, 2.24) is 10.3 Å². The van der Waals surface area contributed by atoms with Crippen LogP contribution in [0.1, 0.15) is 61.0 Å². The minimum absolute atomic E-state index is 0.0399. The molecule has 0 radical (unpaired) electrons. The molecule has 8 heteroatoms. The summed E-state index contributed by atoms with van der Waals surface area (Å²) in [4.78, 5) is 43.9. The number of hydrogen-bond acceptors (Lipinski definition) is 7. The number of nitrogens with zero attached hydrogens (tertiary/aromatic N) is 2. The van der Waals surface area contributed by atoms with Crippen LogP contribution in [0.15, 0.2) is 9.41 Å². The third kappa shape index (κ3) is 4.27. The van der Waals surface area contributed by atoms with Crippen LogP contribution in [0.2, 0.25) is 0 Å². The second-order valence-corrected chi connectivity index (χ2v) is 6.33. The summed E-state index contributed by atoms with van der Waals surface area (Å²) in [5, 5.41) is 2.54. The van der Waals surface area contributed by atoms with Crippen LogP contribution in [0.5, 0.6) is 0 Å². The lowest BCUT2D eigenvalue weighted by atomic mass is 9.97. The van der Waals surface area contributed by atoms with Crippen LogP contribution >= 0.6 is 0 Å². The summed E-state index contributed by atoms with van der Waals surface area (Å²) < 4.78 is 10.4. The lowest BCUT2D eigenvalue weighted by molar-refractivity contribution is 0.0529. The Morgan fingerprint density at radius 3 is 2.71 bits per heavy atom. The molecule has 1 aliphatic carbocycles. The van der Waals surface area contributed by atoms with E-state index in [2.05, 4.69) is 15.3 Å². The maximum atomic E-state index is 12.3. The van der Waals surface area contributed by atoms with Crippen LogP contribution in [0.3, 0.4) is 0 Å². The fourth-order valence-electron chi connectivity index (χ4n) is 2.10. The first-order chi connectivity index (χ1) is 11.2. The first kappa shape index (κ1) is 17.8. The summed E-state index contributed by atoms with van der Waals surface area (Å²) in [6, 6.07) is 0. The predicted molar refractivity (Wildman–Crippen MR) is 85.7 cm³/mol. The molecule has 0 unspecified atom stereocenters. The van der Waals surface area contributed by atoms with E-state index in [9.17, 15) is 14.4 Å². The maximum Gasteiger partial charge on any atom is 0.407 e. The summed E-state index contributed by atoms with van der Waals surface area (Å²) in [7, 11) is 0. The number of hydrogen-bond donors (Lipinski definition) is 1. The average molecular weight is 335 g/mol. The number of oxazole rings is 1. The van der Waals surface area contributed by atoms with Gasteiger partial charge in [0.1, 0.15) is 5.60 Å². The second-order valence-electron chi connectivity index (χ2n) is 6.33. The molecule has 0 aliphatic heterocycles. The Morgan fingerprint density at radius 1 is 1.38 bits per heavy atom. The Balaban J connectivity index is 1.95. The monoisotopic (exact) mass is 335 g/mol. The van der Waals surface area contributed by atoms with Crippen molar-refractivity contribution in [2.45, 2.75) is 46.1 Å². The highest BCUT2D eigenvalue weighted by molar-refractivity contribution is 6.51. The van der Waals surface area contributed by atoms with Crippen LogP contribution in [-0.4, -0.2) is 47.0 Å². The van der Waals surface area contributed by atoms with E-state index in [1.54, 1.807) is 20.8 Å². The first-order valence-electron chi connectivity index (χ1n) is 7.79. The minimum Gasteiger partial charge on any atom is -0.444 e. The standard InChI is InChI=1S/C16H21N3O5/c1-5-11-19-12-10(20)8-9(13(21)14(12)23-11)17-6-7-18-15(22)24-16(2,3)4/h5-8H2,1-4H3,(H,18,22). The Labute approximate surface area is 139 Å². The van der Waals surface area contributed by atoms with Gasteiger partial charge in [0.05, 0.1) is 18.7 Å². The van der Waals surface area contributed by atoms with E-state index in [1.807, 2.05) is 6.92 Å². The van der Waals surface area contributed by atoms with Crippen LogP contribution < -0.4 is 5.32 Å². The second kappa shape index (κ2) is 6.94. The number of fused-ring (bicyclic) bond motifs is 1. The quantitative estimate of drug-likeness (QED) is 0.842. The number of ether oxygens (including phenoxy) is 1. The van der Waals surface area contributed by atoms with Crippen molar-refractivity contribution >= 4 is 23.4 Å². The molecule has 0 saturated carbocycles. The van der Waals surface area contributed by atoms with E-state index in [-0.39, 0.29) is 42.5 Å². The van der Waals surface area contributed by atoms with Crippen LogP contribution in [0, 0.1) is 0 Å².